The normalized spacial score (nSPS) is 23.8. The van der Waals surface area contributed by atoms with Gasteiger partial charge >= 0.3 is 6.09 Å². The second kappa shape index (κ2) is 10.2. The summed E-state index contributed by atoms with van der Waals surface area (Å²) >= 11 is 0. The number of hydrogen-bond donors (Lipinski definition) is 4. The molecular formula is C26H36N6O4. The van der Waals surface area contributed by atoms with Gasteiger partial charge in [-0.1, -0.05) is 12.8 Å². The van der Waals surface area contributed by atoms with Gasteiger partial charge in [-0.15, -0.1) is 0 Å². The highest BCUT2D eigenvalue weighted by molar-refractivity contribution is 6.00. The lowest BCUT2D eigenvalue weighted by molar-refractivity contribution is 0.101. The van der Waals surface area contributed by atoms with Crippen LogP contribution in [-0.2, 0) is 0 Å². The second-order valence-corrected chi connectivity index (χ2v) is 10.5. The molecule has 10 heteroatoms. The zero-order valence-corrected chi connectivity index (χ0v) is 21.0. The van der Waals surface area contributed by atoms with Gasteiger partial charge in [0.05, 0.1) is 17.2 Å². The van der Waals surface area contributed by atoms with Crippen molar-refractivity contribution in [2.24, 2.45) is 5.92 Å². The molecule has 5 rings (SSSR count). The maximum absolute atomic E-state index is 13.4. The molecule has 2 atom stereocenters. The van der Waals surface area contributed by atoms with Crippen molar-refractivity contribution in [1.82, 2.24) is 25.1 Å². The Bertz CT molecular complexity index is 1210. The Kier molecular flexibility index (Phi) is 6.98. The molecule has 0 spiro atoms. The summed E-state index contributed by atoms with van der Waals surface area (Å²) in [5.74, 6) is 0.942. The summed E-state index contributed by atoms with van der Waals surface area (Å²) in [6.07, 6.45) is 6.74. The molecule has 36 heavy (non-hydrogen) atoms. The molecule has 194 valence electrons. The number of Topliss-reactive ketones (excluding diaryl/α,β-unsaturated/α-hetero) is 1. The van der Waals surface area contributed by atoms with E-state index in [-0.39, 0.29) is 29.1 Å². The Balaban J connectivity index is 1.32. The maximum atomic E-state index is 13.4. The second-order valence-electron chi connectivity index (χ2n) is 10.5. The SMILES string of the molecule is CC(=O)c1c(C)c2cnc(NC3CNC(C4CCN(C(=O)O)CC4)CN3)cc2n(C2CCCC2)c1=O. The van der Waals surface area contributed by atoms with E-state index in [0.717, 1.165) is 56.0 Å². The quantitative estimate of drug-likeness (QED) is 0.465. The number of piperidine rings is 1. The van der Waals surface area contributed by atoms with Crippen LogP contribution in [0.2, 0.25) is 0 Å². The Hall–Kier alpha value is -2.98. The minimum atomic E-state index is -0.832. The highest BCUT2D eigenvalue weighted by atomic mass is 16.4. The number of ketones is 1. The number of amides is 1. The van der Waals surface area contributed by atoms with Gasteiger partial charge in [0, 0.05) is 55.9 Å². The molecule has 2 aromatic rings. The van der Waals surface area contributed by atoms with Gasteiger partial charge in [-0.05, 0) is 51.0 Å². The van der Waals surface area contributed by atoms with Gasteiger partial charge in [0.15, 0.2) is 5.78 Å². The summed E-state index contributed by atoms with van der Waals surface area (Å²) in [4.78, 5) is 43.0. The number of fused-ring (bicyclic) bond motifs is 1. The summed E-state index contributed by atoms with van der Waals surface area (Å²) in [6.45, 7) is 5.98. The number of carbonyl (C=O) groups is 2. The van der Waals surface area contributed by atoms with Gasteiger partial charge in [-0.3, -0.25) is 14.9 Å². The number of aromatic nitrogens is 2. The van der Waals surface area contributed by atoms with Crippen LogP contribution in [0.15, 0.2) is 17.1 Å². The van der Waals surface area contributed by atoms with E-state index >= 15 is 0 Å². The van der Waals surface area contributed by atoms with Crippen molar-refractivity contribution >= 4 is 28.6 Å². The topological polar surface area (TPSA) is 129 Å². The van der Waals surface area contributed by atoms with Crippen molar-refractivity contribution in [2.45, 2.75) is 70.6 Å². The molecule has 1 amide bonds. The smallest absolute Gasteiger partial charge is 0.407 e. The Labute approximate surface area is 210 Å². The number of nitrogens with zero attached hydrogens (tertiary/aromatic N) is 3. The number of pyridine rings is 2. The predicted octanol–water partition coefficient (Wildman–Crippen LogP) is 2.71. The number of anilines is 1. The summed E-state index contributed by atoms with van der Waals surface area (Å²) < 4.78 is 1.84. The molecule has 1 saturated carbocycles. The molecule has 4 heterocycles. The average Bonchev–Trinajstić information content (AvgIpc) is 3.39. The van der Waals surface area contributed by atoms with Crippen LogP contribution in [0.4, 0.5) is 10.6 Å². The molecule has 0 aromatic carbocycles. The van der Waals surface area contributed by atoms with Gasteiger partial charge < -0.3 is 25.2 Å². The van der Waals surface area contributed by atoms with E-state index in [2.05, 4.69) is 20.9 Å². The zero-order chi connectivity index (χ0) is 25.4. The molecule has 3 fully saturated rings. The molecule has 0 bridgehead atoms. The number of hydrogen-bond acceptors (Lipinski definition) is 7. The fourth-order valence-corrected chi connectivity index (χ4v) is 6.27. The predicted molar refractivity (Wildman–Crippen MR) is 138 cm³/mol. The van der Waals surface area contributed by atoms with Crippen LogP contribution in [0, 0.1) is 12.8 Å². The van der Waals surface area contributed by atoms with Crippen LogP contribution in [0.1, 0.15) is 67.4 Å². The van der Waals surface area contributed by atoms with Crippen molar-refractivity contribution in [1.29, 1.82) is 0 Å². The van der Waals surface area contributed by atoms with E-state index in [4.69, 9.17) is 0 Å². The number of piperazine rings is 1. The fraction of sp³-hybridized carbons (Fsp3) is 0.615. The van der Waals surface area contributed by atoms with E-state index < -0.39 is 6.09 Å². The first-order valence-electron chi connectivity index (χ1n) is 13.1. The van der Waals surface area contributed by atoms with Crippen LogP contribution in [-0.4, -0.2) is 69.8 Å². The van der Waals surface area contributed by atoms with Crippen molar-refractivity contribution in [3.8, 4) is 0 Å². The molecule has 4 N–H and O–H groups in total. The van der Waals surface area contributed by atoms with Crippen LogP contribution in [0.3, 0.4) is 0 Å². The number of aryl methyl sites for hydroxylation is 1. The van der Waals surface area contributed by atoms with Gasteiger partial charge in [0.2, 0.25) is 0 Å². The first kappa shape index (κ1) is 24.7. The van der Waals surface area contributed by atoms with E-state index in [1.165, 1.54) is 11.8 Å². The van der Waals surface area contributed by atoms with E-state index in [1.807, 2.05) is 17.6 Å². The third kappa shape index (κ3) is 4.71. The lowest BCUT2D eigenvalue weighted by Gasteiger charge is -2.39. The Morgan fingerprint density at radius 3 is 2.44 bits per heavy atom. The molecular weight excluding hydrogens is 460 g/mol. The molecule has 2 unspecified atom stereocenters. The summed E-state index contributed by atoms with van der Waals surface area (Å²) in [7, 11) is 0. The van der Waals surface area contributed by atoms with Crippen LogP contribution >= 0.6 is 0 Å². The highest BCUT2D eigenvalue weighted by Crippen LogP contribution is 2.33. The number of carboxylic acid groups (broad SMARTS) is 1. The number of rotatable bonds is 5. The molecule has 10 nitrogen and oxygen atoms in total. The molecule has 2 aliphatic heterocycles. The maximum Gasteiger partial charge on any atom is 0.407 e. The van der Waals surface area contributed by atoms with E-state index in [0.29, 0.717) is 43.0 Å². The van der Waals surface area contributed by atoms with Crippen molar-refractivity contribution in [3.63, 3.8) is 0 Å². The van der Waals surface area contributed by atoms with Gasteiger partial charge in [-0.25, -0.2) is 9.78 Å². The Morgan fingerprint density at radius 2 is 1.83 bits per heavy atom. The van der Waals surface area contributed by atoms with Crippen LogP contribution in [0.25, 0.3) is 10.9 Å². The minimum absolute atomic E-state index is 0.0189. The summed E-state index contributed by atoms with van der Waals surface area (Å²) in [5, 5.41) is 20.7. The molecule has 0 radical (unpaired) electrons. The largest absolute Gasteiger partial charge is 0.465 e. The van der Waals surface area contributed by atoms with E-state index in [9.17, 15) is 19.5 Å². The third-order valence-electron chi connectivity index (χ3n) is 8.26. The standard InChI is InChI=1S/C26H36N6O4/c1-15-19-12-28-22(11-21(19)32(18-5-3-4-6-18)25(34)24(15)16(2)33)30-23-14-27-20(13-29-23)17-7-9-31(10-8-17)26(35)36/h11-12,17-18,20,23,27,29H,3-10,13-14H2,1-2H3,(H,28,30)(H,35,36). The molecule has 2 aromatic heterocycles. The first-order valence-corrected chi connectivity index (χ1v) is 13.1. The van der Waals surface area contributed by atoms with Crippen LogP contribution < -0.4 is 21.5 Å². The van der Waals surface area contributed by atoms with Crippen molar-refractivity contribution in [3.05, 3.63) is 33.7 Å². The summed E-state index contributed by atoms with van der Waals surface area (Å²) in [6, 6.07) is 2.36. The average molecular weight is 497 g/mol. The monoisotopic (exact) mass is 496 g/mol. The van der Waals surface area contributed by atoms with Crippen LogP contribution in [0.5, 0.6) is 0 Å². The lowest BCUT2D eigenvalue weighted by atomic mass is 9.88. The highest BCUT2D eigenvalue weighted by Gasteiger charge is 2.31. The lowest BCUT2D eigenvalue weighted by Crippen LogP contribution is -2.60. The third-order valence-corrected chi connectivity index (χ3v) is 8.26. The number of likely N-dealkylation sites (tertiary alicyclic amines) is 1. The van der Waals surface area contributed by atoms with Crippen molar-refractivity contribution < 1.29 is 14.7 Å². The van der Waals surface area contributed by atoms with Gasteiger partial charge in [0.25, 0.3) is 5.56 Å². The molecule has 2 saturated heterocycles. The fourth-order valence-electron chi connectivity index (χ4n) is 6.27. The van der Waals surface area contributed by atoms with Crippen molar-refractivity contribution in [2.75, 3.05) is 31.5 Å². The minimum Gasteiger partial charge on any atom is -0.465 e. The summed E-state index contributed by atoms with van der Waals surface area (Å²) in [5.41, 5.74) is 1.62. The molecule has 3 aliphatic rings. The first-order chi connectivity index (χ1) is 17.3. The number of carbonyl (C=O) groups excluding carboxylic acids is 1. The van der Waals surface area contributed by atoms with Gasteiger partial charge in [0.1, 0.15) is 5.82 Å². The van der Waals surface area contributed by atoms with Gasteiger partial charge in [-0.2, -0.15) is 0 Å². The Morgan fingerprint density at radius 1 is 1.11 bits per heavy atom. The van der Waals surface area contributed by atoms with E-state index in [1.54, 1.807) is 6.20 Å². The zero-order valence-electron chi connectivity index (χ0n) is 21.0. The number of nitrogens with one attached hydrogen (secondary N) is 3. The molecule has 1 aliphatic carbocycles.